The molecule has 2 aromatic rings. The van der Waals surface area contributed by atoms with E-state index >= 15 is 0 Å². The molecule has 0 unspecified atom stereocenters. The number of carbonyl (C=O) groups excluding carboxylic acids is 1. The number of carbonyl (C=O) groups is 1. The molecule has 6 heteroatoms. The summed E-state index contributed by atoms with van der Waals surface area (Å²) in [7, 11) is 1.63. The maximum absolute atomic E-state index is 12.6. The second kappa shape index (κ2) is 6.83. The number of ether oxygens (including phenoxy) is 1. The second-order valence-electron chi connectivity index (χ2n) is 5.90. The molecule has 1 amide bonds. The molecule has 1 aliphatic heterocycles. The molecule has 0 radical (unpaired) electrons. The number of aromatic nitrogens is 1. The summed E-state index contributed by atoms with van der Waals surface area (Å²) in [6.07, 6.45) is 1.43. The summed E-state index contributed by atoms with van der Waals surface area (Å²) in [6, 6.07) is 7.80. The Hall–Kier alpha value is -3.04. The zero-order valence-corrected chi connectivity index (χ0v) is 14.4. The van der Waals surface area contributed by atoms with Crippen molar-refractivity contribution in [3.8, 4) is 6.07 Å². The number of benzene rings is 1. The molecule has 0 spiro atoms. The molecule has 1 N–H and O–H groups in total. The van der Waals surface area contributed by atoms with Gasteiger partial charge in [0.2, 0.25) is 0 Å². The minimum atomic E-state index is -0.298. The SMILES string of the molecule is COCC1=NCc2ccc(NC(=O)c3ncc(C#N)c(C)c3C)cc21. The summed E-state index contributed by atoms with van der Waals surface area (Å²) in [4.78, 5) is 21.2. The fourth-order valence-electron chi connectivity index (χ4n) is 2.82. The monoisotopic (exact) mass is 334 g/mol. The third-order valence-electron chi connectivity index (χ3n) is 4.38. The average molecular weight is 334 g/mol. The number of hydrogen-bond donors (Lipinski definition) is 1. The fraction of sp³-hybridized carbons (Fsp3) is 0.263. The highest BCUT2D eigenvalue weighted by atomic mass is 16.5. The van der Waals surface area contributed by atoms with E-state index in [1.165, 1.54) is 6.20 Å². The van der Waals surface area contributed by atoms with E-state index in [9.17, 15) is 4.79 Å². The van der Waals surface area contributed by atoms with Crippen molar-refractivity contribution in [2.75, 3.05) is 19.0 Å². The first-order valence-electron chi connectivity index (χ1n) is 7.88. The van der Waals surface area contributed by atoms with E-state index < -0.39 is 0 Å². The Labute approximate surface area is 146 Å². The molecule has 6 nitrogen and oxygen atoms in total. The Balaban J connectivity index is 1.86. The number of nitrogens with zero attached hydrogens (tertiary/aromatic N) is 3. The zero-order valence-electron chi connectivity index (χ0n) is 14.4. The van der Waals surface area contributed by atoms with Gasteiger partial charge in [0.05, 0.1) is 24.4 Å². The number of aliphatic imine (C=N–C) groups is 1. The number of methoxy groups -OCH3 is 1. The minimum Gasteiger partial charge on any atom is -0.378 e. The van der Waals surface area contributed by atoms with Crippen LogP contribution in [0.1, 0.15) is 38.3 Å². The number of anilines is 1. The average Bonchev–Trinajstić information content (AvgIpc) is 3.00. The lowest BCUT2D eigenvalue weighted by Crippen LogP contribution is -2.17. The van der Waals surface area contributed by atoms with Crippen LogP contribution in [0.4, 0.5) is 5.69 Å². The first-order chi connectivity index (χ1) is 12.0. The molecule has 2 heterocycles. The summed E-state index contributed by atoms with van der Waals surface area (Å²) in [5.74, 6) is -0.298. The molecule has 0 aliphatic carbocycles. The molecule has 1 aromatic carbocycles. The number of pyridine rings is 1. The van der Waals surface area contributed by atoms with Gasteiger partial charge < -0.3 is 10.1 Å². The van der Waals surface area contributed by atoms with Crippen molar-refractivity contribution in [3.05, 3.63) is 57.9 Å². The van der Waals surface area contributed by atoms with Crippen LogP contribution in [0.3, 0.4) is 0 Å². The largest absolute Gasteiger partial charge is 0.378 e. The smallest absolute Gasteiger partial charge is 0.274 e. The van der Waals surface area contributed by atoms with E-state index in [0.29, 0.717) is 35.7 Å². The van der Waals surface area contributed by atoms with Crippen molar-refractivity contribution >= 4 is 17.3 Å². The Morgan fingerprint density at radius 1 is 1.36 bits per heavy atom. The third kappa shape index (κ3) is 3.14. The predicted octanol–water partition coefficient (Wildman–Crippen LogP) is 2.77. The van der Waals surface area contributed by atoms with Crippen molar-refractivity contribution in [2.45, 2.75) is 20.4 Å². The van der Waals surface area contributed by atoms with Gasteiger partial charge in [0.15, 0.2) is 0 Å². The van der Waals surface area contributed by atoms with Crippen LogP contribution in [0.5, 0.6) is 0 Å². The van der Waals surface area contributed by atoms with Crippen LogP contribution in [0.25, 0.3) is 0 Å². The van der Waals surface area contributed by atoms with E-state index in [1.807, 2.05) is 25.1 Å². The van der Waals surface area contributed by atoms with Crippen LogP contribution in [0.15, 0.2) is 29.4 Å². The van der Waals surface area contributed by atoms with Crippen LogP contribution in [-0.2, 0) is 11.3 Å². The lowest BCUT2D eigenvalue weighted by atomic mass is 10.0. The molecule has 0 saturated heterocycles. The van der Waals surface area contributed by atoms with Crippen molar-refractivity contribution in [1.82, 2.24) is 4.98 Å². The summed E-state index contributed by atoms with van der Waals surface area (Å²) in [5.41, 5.74) is 5.96. The second-order valence-corrected chi connectivity index (χ2v) is 5.90. The molecular formula is C19H18N4O2. The summed E-state index contributed by atoms with van der Waals surface area (Å²) >= 11 is 0. The van der Waals surface area contributed by atoms with E-state index in [2.05, 4.69) is 21.4 Å². The van der Waals surface area contributed by atoms with Gasteiger partial charge in [-0.2, -0.15) is 5.26 Å². The molecule has 0 saturated carbocycles. The summed E-state index contributed by atoms with van der Waals surface area (Å²) in [6.45, 7) is 4.69. The zero-order chi connectivity index (χ0) is 18.0. The normalized spacial score (nSPS) is 12.3. The molecule has 0 fully saturated rings. The van der Waals surface area contributed by atoms with Crippen LogP contribution < -0.4 is 5.32 Å². The molecule has 0 atom stereocenters. The Kier molecular flexibility index (Phi) is 4.59. The van der Waals surface area contributed by atoms with E-state index in [-0.39, 0.29) is 5.91 Å². The molecule has 3 rings (SSSR count). The highest BCUT2D eigenvalue weighted by Crippen LogP contribution is 2.24. The van der Waals surface area contributed by atoms with Crippen LogP contribution in [0.2, 0.25) is 0 Å². The minimum absolute atomic E-state index is 0.298. The van der Waals surface area contributed by atoms with Crippen LogP contribution >= 0.6 is 0 Å². The Morgan fingerprint density at radius 3 is 2.88 bits per heavy atom. The first-order valence-corrected chi connectivity index (χ1v) is 7.88. The van der Waals surface area contributed by atoms with E-state index in [1.54, 1.807) is 14.0 Å². The van der Waals surface area contributed by atoms with Gasteiger partial charge in [0.25, 0.3) is 5.91 Å². The molecule has 126 valence electrons. The number of amides is 1. The molecule has 0 bridgehead atoms. The fourth-order valence-corrected chi connectivity index (χ4v) is 2.82. The van der Waals surface area contributed by atoms with Gasteiger partial charge in [-0.3, -0.25) is 9.79 Å². The predicted molar refractivity (Wildman–Crippen MR) is 94.9 cm³/mol. The summed E-state index contributed by atoms with van der Waals surface area (Å²) < 4.78 is 5.17. The lowest BCUT2D eigenvalue weighted by Gasteiger charge is -2.11. The molecule has 1 aliphatic rings. The maximum atomic E-state index is 12.6. The quantitative estimate of drug-likeness (QED) is 0.931. The number of hydrogen-bond acceptors (Lipinski definition) is 5. The summed E-state index contributed by atoms with van der Waals surface area (Å²) in [5, 5.41) is 11.9. The topological polar surface area (TPSA) is 87.4 Å². The highest BCUT2D eigenvalue weighted by molar-refractivity contribution is 6.07. The van der Waals surface area contributed by atoms with Gasteiger partial charge >= 0.3 is 0 Å². The third-order valence-corrected chi connectivity index (χ3v) is 4.38. The van der Waals surface area contributed by atoms with E-state index in [0.717, 1.165) is 22.4 Å². The van der Waals surface area contributed by atoms with Gasteiger partial charge in [0.1, 0.15) is 11.8 Å². The van der Waals surface area contributed by atoms with E-state index in [4.69, 9.17) is 10.00 Å². The standard InChI is InChI=1S/C19H18N4O2/c1-11-12(2)18(22-9-14(11)7-20)19(24)23-15-5-4-13-8-21-17(10-25-3)16(13)6-15/h4-6,9H,8,10H2,1-3H3,(H,23,24). The van der Waals surface area contributed by atoms with Gasteiger partial charge in [-0.15, -0.1) is 0 Å². The number of fused-ring (bicyclic) bond motifs is 1. The number of nitrogens with one attached hydrogen (secondary N) is 1. The van der Waals surface area contributed by atoms with Gasteiger partial charge in [-0.25, -0.2) is 4.98 Å². The van der Waals surface area contributed by atoms with Crippen molar-refractivity contribution in [3.63, 3.8) is 0 Å². The Morgan fingerprint density at radius 2 is 2.16 bits per heavy atom. The van der Waals surface area contributed by atoms with Crippen molar-refractivity contribution in [1.29, 1.82) is 5.26 Å². The number of nitriles is 1. The van der Waals surface area contributed by atoms with Gasteiger partial charge in [-0.05, 0) is 42.7 Å². The number of rotatable bonds is 4. The molecule has 1 aromatic heterocycles. The highest BCUT2D eigenvalue weighted by Gasteiger charge is 2.18. The molecular weight excluding hydrogens is 316 g/mol. The van der Waals surface area contributed by atoms with Crippen LogP contribution in [0, 0.1) is 25.2 Å². The van der Waals surface area contributed by atoms with Gasteiger partial charge in [-0.1, -0.05) is 6.07 Å². The lowest BCUT2D eigenvalue weighted by molar-refractivity contribution is 0.102. The Bertz CT molecular complexity index is 926. The van der Waals surface area contributed by atoms with Crippen molar-refractivity contribution in [2.24, 2.45) is 4.99 Å². The molecule has 25 heavy (non-hydrogen) atoms. The maximum Gasteiger partial charge on any atom is 0.274 e. The van der Waals surface area contributed by atoms with Crippen LogP contribution in [-0.4, -0.2) is 30.3 Å². The first kappa shape index (κ1) is 16.8. The van der Waals surface area contributed by atoms with Gasteiger partial charge in [0, 0.05) is 24.6 Å². The van der Waals surface area contributed by atoms with Crippen molar-refractivity contribution < 1.29 is 9.53 Å².